The lowest BCUT2D eigenvalue weighted by molar-refractivity contribution is 0.405. The number of hydrogen-bond donors (Lipinski definition) is 0. The number of rotatable bonds is 5. The van der Waals surface area contributed by atoms with Gasteiger partial charge in [0.2, 0.25) is 0 Å². The van der Waals surface area contributed by atoms with Gasteiger partial charge in [-0.15, -0.1) is 0 Å². The van der Waals surface area contributed by atoms with Crippen molar-refractivity contribution in [3.8, 4) is 0 Å². The van der Waals surface area contributed by atoms with E-state index in [0.717, 1.165) is 43.7 Å². The summed E-state index contributed by atoms with van der Waals surface area (Å²) in [7, 11) is 1.88. The van der Waals surface area contributed by atoms with Gasteiger partial charge in [-0.05, 0) is 37.3 Å². The highest BCUT2D eigenvalue weighted by atomic mass is 19.1. The molecule has 1 fully saturated rings. The number of piperidine rings is 1. The number of aromatic nitrogens is 4. The summed E-state index contributed by atoms with van der Waals surface area (Å²) in [4.78, 5) is 20.9. The van der Waals surface area contributed by atoms with E-state index in [9.17, 15) is 8.78 Å². The molecule has 0 aliphatic carbocycles. The van der Waals surface area contributed by atoms with Crippen molar-refractivity contribution in [1.29, 1.82) is 0 Å². The minimum Gasteiger partial charge on any atom is -0.357 e. The largest absolute Gasteiger partial charge is 0.357 e. The van der Waals surface area contributed by atoms with Crippen LogP contribution in [-0.2, 0) is 6.42 Å². The lowest BCUT2D eigenvalue weighted by atomic mass is 9.96. The van der Waals surface area contributed by atoms with E-state index < -0.39 is 0 Å². The number of halogens is 2. The van der Waals surface area contributed by atoms with Crippen molar-refractivity contribution in [1.82, 2.24) is 19.9 Å². The topological polar surface area (TPSA) is 58.0 Å². The quantitative estimate of drug-likeness (QED) is 0.654. The first-order valence-electron chi connectivity index (χ1n) is 9.92. The molecule has 1 aromatic carbocycles. The molecule has 0 bridgehead atoms. The maximum atomic E-state index is 14.5. The van der Waals surface area contributed by atoms with E-state index in [4.69, 9.17) is 0 Å². The molecular weight excluding hydrogens is 374 g/mol. The van der Waals surface area contributed by atoms with Gasteiger partial charge in [0.1, 0.15) is 24.3 Å². The van der Waals surface area contributed by atoms with Gasteiger partial charge in [0.15, 0.2) is 11.6 Å². The first kappa shape index (κ1) is 19.4. The lowest BCUT2D eigenvalue weighted by Crippen LogP contribution is -2.38. The molecule has 152 valence electrons. The van der Waals surface area contributed by atoms with E-state index in [0.29, 0.717) is 29.4 Å². The third kappa shape index (κ3) is 3.97. The van der Waals surface area contributed by atoms with Crippen LogP contribution in [0.2, 0.25) is 0 Å². The van der Waals surface area contributed by atoms with Gasteiger partial charge < -0.3 is 9.80 Å². The fraction of sp³-hybridized carbons (Fsp3) is 0.429. The van der Waals surface area contributed by atoms with Crippen molar-refractivity contribution >= 4 is 22.5 Å². The summed E-state index contributed by atoms with van der Waals surface area (Å²) in [5.41, 5.74) is 1.06. The first-order chi connectivity index (χ1) is 14.1. The average molecular weight is 398 g/mol. The van der Waals surface area contributed by atoms with Crippen LogP contribution < -0.4 is 9.80 Å². The van der Waals surface area contributed by atoms with E-state index in [-0.39, 0.29) is 11.6 Å². The Bertz CT molecular complexity index is 1000. The summed E-state index contributed by atoms with van der Waals surface area (Å²) < 4.78 is 28.0. The molecular formula is C21H24F2N6. The standard InChI is InChI=1S/C21H24F2N6/c1-3-17-19(23)21(27-12-24-17)28(2)11-14-6-8-29(9-7-14)20-16-5-4-15(22)10-18(16)25-13-26-20/h4-5,10,12-14H,3,6-9,11H2,1-2H3. The van der Waals surface area contributed by atoms with Gasteiger partial charge in [0.05, 0.1) is 11.2 Å². The molecule has 4 rings (SSSR count). The molecule has 1 aliphatic rings. The van der Waals surface area contributed by atoms with E-state index in [2.05, 4.69) is 24.8 Å². The monoisotopic (exact) mass is 398 g/mol. The highest BCUT2D eigenvalue weighted by Crippen LogP contribution is 2.29. The van der Waals surface area contributed by atoms with E-state index in [1.54, 1.807) is 6.07 Å². The minimum absolute atomic E-state index is 0.299. The Morgan fingerprint density at radius 1 is 1.07 bits per heavy atom. The van der Waals surface area contributed by atoms with Crippen LogP contribution in [0.15, 0.2) is 30.9 Å². The second-order valence-corrected chi connectivity index (χ2v) is 7.48. The molecule has 1 saturated heterocycles. The maximum absolute atomic E-state index is 14.5. The molecule has 1 aliphatic heterocycles. The Kier molecular flexibility index (Phi) is 5.51. The third-order valence-electron chi connectivity index (χ3n) is 5.56. The molecule has 29 heavy (non-hydrogen) atoms. The second-order valence-electron chi connectivity index (χ2n) is 7.48. The molecule has 0 amide bonds. The zero-order chi connectivity index (χ0) is 20.4. The first-order valence-corrected chi connectivity index (χ1v) is 9.92. The predicted molar refractivity (Wildman–Crippen MR) is 109 cm³/mol. The van der Waals surface area contributed by atoms with E-state index >= 15 is 0 Å². The summed E-state index contributed by atoms with van der Waals surface area (Å²) in [5, 5.41) is 0.861. The predicted octanol–water partition coefficient (Wildman–Crippen LogP) is 3.61. The Hall–Kier alpha value is -2.90. The van der Waals surface area contributed by atoms with Crippen LogP contribution >= 0.6 is 0 Å². The Balaban J connectivity index is 1.43. The highest BCUT2D eigenvalue weighted by Gasteiger charge is 2.24. The van der Waals surface area contributed by atoms with E-state index in [1.165, 1.54) is 24.8 Å². The van der Waals surface area contributed by atoms with Crippen molar-refractivity contribution in [3.05, 3.63) is 48.2 Å². The van der Waals surface area contributed by atoms with Crippen molar-refractivity contribution in [2.75, 3.05) is 36.5 Å². The summed E-state index contributed by atoms with van der Waals surface area (Å²) in [5.74, 6) is 1.02. The number of hydrogen-bond acceptors (Lipinski definition) is 6. The minimum atomic E-state index is -0.324. The Labute approximate surface area is 168 Å². The maximum Gasteiger partial charge on any atom is 0.187 e. The van der Waals surface area contributed by atoms with Gasteiger partial charge in [-0.3, -0.25) is 0 Å². The molecule has 6 nitrogen and oxygen atoms in total. The van der Waals surface area contributed by atoms with Gasteiger partial charge in [0, 0.05) is 38.1 Å². The molecule has 3 heterocycles. The molecule has 2 aromatic heterocycles. The molecule has 3 aromatic rings. The fourth-order valence-corrected chi connectivity index (χ4v) is 3.98. The normalized spacial score (nSPS) is 15.1. The smallest absolute Gasteiger partial charge is 0.187 e. The van der Waals surface area contributed by atoms with Crippen LogP contribution in [0.5, 0.6) is 0 Å². The molecule has 0 spiro atoms. The van der Waals surface area contributed by atoms with Crippen molar-refractivity contribution in [2.45, 2.75) is 26.2 Å². The number of nitrogens with zero attached hydrogens (tertiary/aromatic N) is 6. The van der Waals surface area contributed by atoms with Gasteiger partial charge in [-0.1, -0.05) is 6.92 Å². The van der Waals surface area contributed by atoms with Gasteiger partial charge >= 0.3 is 0 Å². The van der Waals surface area contributed by atoms with Crippen LogP contribution in [-0.4, -0.2) is 46.6 Å². The fourth-order valence-electron chi connectivity index (χ4n) is 3.98. The summed E-state index contributed by atoms with van der Waals surface area (Å²) in [6.45, 7) is 4.31. The Morgan fingerprint density at radius 3 is 2.59 bits per heavy atom. The highest BCUT2D eigenvalue weighted by molar-refractivity contribution is 5.89. The van der Waals surface area contributed by atoms with Crippen molar-refractivity contribution in [2.24, 2.45) is 5.92 Å². The Morgan fingerprint density at radius 2 is 1.83 bits per heavy atom. The number of fused-ring (bicyclic) bond motifs is 1. The van der Waals surface area contributed by atoms with Crippen LogP contribution in [0.1, 0.15) is 25.5 Å². The van der Waals surface area contributed by atoms with Crippen molar-refractivity contribution in [3.63, 3.8) is 0 Å². The average Bonchev–Trinajstić information content (AvgIpc) is 2.74. The summed E-state index contributed by atoms with van der Waals surface area (Å²) in [6.07, 6.45) is 5.39. The molecule has 0 radical (unpaired) electrons. The van der Waals surface area contributed by atoms with Gasteiger partial charge in [0.25, 0.3) is 0 Å². The van der Waals surface area contributed by atoms with Crippen LogP contribution in [0.25, 0.3) is 10.9 Å². The van der Waals surface area contributed by atoms with Crippen molar-refractivity contribution < 1.29 is 8.78 Å². The number of anilines is 2. The zero-order valence-electron chi connectivity index (χ0n) is 16.6. The number of aryl methyl sites for hydroxylation is 1. The molecule has 0 N–H and O–H groups in total. The van der Waals surface area contributed by atoms with E-state index in [1.807, 2.05) is 18.9 Å². The van der Waals surface area contributed by atoms with Gasteiger partial charge in [-0.25, -0.2) is 28.7 Å². The van der Waals surface area contributed by atoms with Crippen LogP contribution in [0, 0.1) is 17.6 Å². The third-order valence-corrected chi connectivity index (χ3v) is 5.56. The summed E-state index contributed by atoms with van der Waals surface area (Å²) >= 11 is 0. The molecule has 0 unspecified atom stereocenters. The molecule has 0 saturated carbocycles. The SMILES string of the molecule is CCc1ncnc(N(C)CC2CCN(c3ncnc4cc(F)ccc34)CC2)c1F. The number of benzene rings is 1. The molecule has 0 atom stereocenters. The summed E-state index contributed by atoms with van der Waals surface area (Å²) in [6, 6.07) is 4.61. The zero-order valence-corrected chi connectivity index (χ0v) is 16.6. The van der Waals surface area contributed by atoms with Gasteiger partial charge in [-0.2, -0.15) is 0 Å². The molecule has 8 heteroatoms. The van der Waals surface area contributed by atoms with Crippen LogP contribution in [0.3, 0.4) is 0 Å². The lowest BCUT2D eigenvalue weighted by Gasteiger charge is -2.35. The van der Waals surface area contributed by atoms with Crippen LogP contribution in [0.4, 0.5) is 20.4 Å². The second kappa shape index (κ2) is 8.23.